The van der Waals surface area contributed by atoms with Gasteiger partial charge in [-0.05, 0) is 19.1 Å². The average Bonchev–Trinajstić information content (AvgIpc) is 2.80. The monoisotopic (exact) mass is 270 g/mol. The zero-order valence-electron chi connectivity index (χ0n) is 9.97. The first-order valence-corrected chi connectivity index (χ1v) is 6.22. The van der Waals surface area contributed by atoms with E-state index in [1.54, 1.807) is 19.1 Å². The van der Waals surface area contributed by atoms with Crippen LogP contribution in [0.25, 0.3) is 11.0 Å². The first kappa shape index (κ1) is 13.2. The van der Waals surface area contributed by atoms with Crippen LogP contribution in [0.15, 0.2) is 28.7 Å². The van der Waals surface area contributed by atoms with Crippen LogP contribution in [-0.4, -0.2) is 28.8 Å². The van der Waals surface area contributed by atoms with Gasteiger partial charge in [-0.25, -0.2) is 0 Å². The van der Waals surface area contributed by atoms with E-state index in [9.17, 15) is 10.2 Å². The zero-order chi connectivity index (χ0) is 13.1. The Morgan fingerprint density at radius 3 is 2.83 bits per heavy atom. The van der Waals surface area contributed by atoms with Crippen molar-refractivity contribution < 1.29 is 19.4 Å². The van der Waals surface area contributed by atoms with Crippen molar-refractivity contribution in [1.29, 1.82) is 0 Å². The molecule has 2 rings (SSSR count). The van der Waals surface area contributed by atoms with Crippen molar-refractivity contribution in [2.45, 2.75) is 19.1 Å². The molecule has 2 aromatic rings. The van der Waals surface area contributed by atoms with E-state index in [1.807, 2.05) is 12.1 Å². The molecule has 0 aliphatic carbocycles. The van der Waals surface area contributed by atoms with Crippen molar-refractivity contribution in [2.24, 2.45) is 0 Å². The number of ether oxygens (including phenoxy) is 1. The fourth-order valence-corrected chi connectivity index (χ4v) is 1.70. The quantitative estimate of drug-likeness (QED) is 0.820. The third-order valence-corrected chi connectivity index (χ3v) is 2.90. The highest BCUT2D eigenvalue weighted by molar-refractivity contribution is 6.18. The zero-order valence-corrected chi connectivity index (χ0v) is 10.7. The van der Waals surface area contributed by atoms with E-state index in [4.69, 9.17) is 20.8 Å². The summed E-state index contributed by atoms with van der Waals surface area (Å²) >= 11 is 5.50. The van der Waals surface area contributed by atoms with E-state index in [0.717, 1.165) is 5.39 Å². The summed E-state index contributed by atoms with van der Waals surface area (Å²) in [6.07, 6.45) is -1.38. The summed E-state index contributed by atoms with van der Waals surface area (Å²) in [5.74, 6) is 1.13. The summed E-state index contributed by atoms with van der Waals surface area (Å²) in [7, 11) is 0. The fourth-order valence-electron chi connectivity index (χ4n) is 1.61. The Balaban J connectivity index is 2.27. The van der Waals surface area contributed by atoms with Gasteiger partial charge in [0, 0.05) is 5.39 Å². The Hall–Kier alpha value is -1.23. The van der Waals surface area contributed by atoms with Gasteiger partial charge in [0.2, 0.25) is 0 Å². The third kappa shape index (κ3) is 2.77. The number of aliphatic hydroxyl groups is 2. The van der Waals surface area contributed by atoms with Gasteiger partial charge in [0.15, 0.2) is 11.3 Å². The summed E-state index contributed by atoms with van der Waals surface area (Å²) in [6, 6.07) is 7.21. The van der Waals surface area contributed by atoms with E-state index < -0.39 is 12.2 Å². The minimum atomic E-state index is -0.715. The Morgan fingerprint density at radius 2 is 2.17 bits per heavy atom. The van der Waals surface area contributed by atoms with Crippen LogP contribution in [0.4, 0.5) is 0 Å². The Kier molecular flexibility index (Phi) is 4.11. The molecule has 1 aromatic carbocycles. The number of hydrogen-bond acceptors (Lipinski definition) is 4. The van der Waals surface area contributed by atoms with Gasteiger partial charge in [-0.3, -0.25) is 0 Å². The highest BCUT2D eigenvalue weighted by atomic mass is 35.5. The highest BCUT2D eigenvalue weighted by Gasteiger charge is 2.13. The minimum absolute atomic E-state index is 0.104. The van der Waals surface area contributed by atoms with E-state index in [1.165, 1.54) is 0 Å². The lowest BCUT2D eigenvalue weighted by Gasteiger charge is -2.09. The van der Waals surface area contributed by atoms with Gasteiger partial charge in [0.1, 0.15) is 24.6 Å². The lowest BCUT2D eigenvalue weighted by Crippen LogP contribution is -2.18. The second kappa shape index (κ2) is 5.61. The van der Waals surface area contributed by atoms with Gasteiger partial charge in [0.25, 0.3) is 0 Å². The summed E-state index contributed by atoms with van der Waals surface area (Å²) < 4.78 is 11.0. The van der Waals surface area contributed by atoms with Crippen LogP contribution >= 0.6 is 11.6 Å². The highest BCUT2D eigenvalue weighted by Crippen LogP contribution is 2.31. The predicted molar refractivity (Wildman–Crippen MR) is 69.1 cm³/mol. The Morgan fingerprint density at radius 1 is 1.39 bits per heavy atom. The average molecular weight is 271 g/mol. The second-order valence-electron chi connectivity index (χ2n) is 4.12. The molecular weight excluding hydrogens is 256 g/mol. The summed E-state index contributed by atoms with van der Waals surface area (Å²) in [6.45, 7) is 1.74. The normalized spacial score (nSPS) is 14.7. The summed E-state index contributed by atoms with van der Waals surface area (Å²) in [4.78, 5) is 0. The van der Waals surface area contributed by atoms with Crippen molar-refractivity contribution in [3.05, 3.63) is 30.0 Å². The van der Waals surface area contributed by atoms with E-state index in [0.29, 0.717) is 17.1 Å². The molecule has 1 heterocycles. The molecule has 2 atom stereocenters. The molecule has 0 amide bonds. The van der Waals surface area contributed by atoms with Crippen LogP contribution in [-0.2, 0) is 0 Å². The Labute approximate surface area is 110 Å². The molecule has 0 bridgehead atoms. The summed E-state index contributed by atoms with van der Waals surface area (Å²) in [5.41, 5.74) is 0.565. The number of aliphatic hydroxyl groups excluding tert-OH is 2. The van der Waals surface area contributed by atoms with Crippen LogP contribution in [0.3, 0.4) is 0 Å². The first-order chi connectivity index (χ1) is 8.61. The topological polar surface area (TPSA) is 62.8 Å². The van der Waals surface area contributed by atoms with Gasteiger partial charge in [-0.1, -0.05) is 12.1 Å². The van der Waals surface area contributed by atoms with E-state index in [-0.39, 0.29) is 12.5 Å². The lowest BCUT2D eigenvalue weighted by atomic mass is 10.2. The minimum Gasteiger partial charge on any atom is -0.487 e. The number of para-hydroxylation sites is 1. The van der Waals surface area contributed by atoms with Gasteiger partial charge in [-0.15, -0.1) is 11.6 Å². The molecule has 0 spiro atoms. The molecule has 5 heteroatoms. The van der Waals surface area contributed by atoms with Crippen LogP contribution in [0, 0.1) is 0 Å². The molecular formula is C13H15ClO4. The van der Waals surface area contributed by atoms with Crippen molar-refractivity contribution in [3.63, 3.8) is 0 Å². The van der Waals surface area contributed by atoms with Crippen LogP contribution in [0.1, 0.15) is 18.8 Å². The molecule has 1 aromatic heterocycles. The number of rotatable bonds is 5. The molecule has 0 aliphatic heterocycles. The van der Waals surface area contributed by atoms with Crippen molar-refractivity contribution >= 4 is 22.6 Å². The van der Waals surface area contributed by atoms with Gasteiger partial charge in [-0.2, -0.15) is 0 Å². The SMILES string of the molecule is CC(O)c1cc2cccc(OCC(O)CCl)c2o1. The van der Waals surface area contributed by atoms with Crippen molar-refractivity contribution in [2.75, 3.05) is 12.5 Å². The van der Waals surface area contributed by atoms with Crippen molar-refractivity contribution in [1.82, 2.24) is 0 Å². The van der Waals surface area contributed by atoms with Gasteiger partial charge < -0.3 is 19.4 Å². The number of hydrogen-bond donors (Lipinski definition) is 2. The van der Waals surface area contributed by atoms with Crippen LogP contribution < -0.4 is 4.74 Å². The number of furan rings is 1. The smallest absolute Gasteiger partial charge is 0.176 e. The largest absolute Gasteiger partial charge is 0.487 e. The third-order valence-electron chi connectivity index (χ3n) is 2.55. The lowest BCUT2D eigenvalue weighted by molar-refractivity contribution is 0.125. The predicted octanol–water partition coefficient (Wildman–Crippen LogP) is 2.46. The molecule has 0 saturated carbocycles. The molecule has 0 radical (unpaired) electrons. The number of fused-ring (bicyclic) bond motifs is 1. The molecule has 0 aliphatic rings. The maximum Gasteiger partial charge on any atom is 0.176 e. The van der Waals surface area contributed by atoms with Gasteiger partial charge >= 0.3 is 0 Å². The molecule has 2 unspecified atom stereocenters. The number of alkyl halides is 1. The van der Waals surface area contributed by atoms with Gasteiger partial charge in [0.05, 0.1) is 5.88 Å². The van der Waals surface area contributed by atoms with E-state index in [2.05, 4.69) is 0 Å². The number of halogens is 1. The summed E-state index contributed by atoms with van der Waals surface area (Å²) in [5, 5.41) is 19.7. The molecule has 98 valence electrons. The standard InChI is InChI=1S/C13H15ClO4/c1-8(15)12-5-9-3-2-4-11(13(9)18-12)17-7-10(16)6-14/h2-5,8,10,15-16H,6-7H2,1H3. The second-order valence-corrected chi connectivity index (χ2v) is 4.43. The maximum absolute atomic E-state index is 9.48. The molecule has 0 fully saturated rings. The molecule has 0 saturated heterocycles. The number of benzene rings is 1. The fraction of sp³-hybridized carbons (Fsp3) is 0.385. The first-order valence-electron chi connectivity index (χ1n) is 5.69. The molecule has 18 heavy (non-hydrogen) atoms. The maximum atomic E-state index is 9.48. The van der Waals surface area contributed by atoms with Crippen LogP contribution in [0.2, 0.25) is 0 Å². The van der Waals surface area contributed by atoms with Crippen molar-refractivity contribution in [3.8, 4) is 5.75 Å². The Bertz CT molecular complexity index is 521. The van der Waals surface area contributed by atoms with Crippen LogP contribution in [0.5, 0.6) is 5.75 Å². The molecule has 2 N–H and O–H groups in total. The molecule has 4 nitrogen and oxygen atoms in total. The van der Waals surface area contributed by atoms with E-state index >= 15 is 0 Å².